The summed E-state index contributed by atoms with van der Waals surface area (Å²) in [5.41, 5.74) is -5.28. The number of carbonyl (C=O) groups is 1. The molecule has 0 amide bonds. The molecule has 0 atom stereocenters. The second kappa shape index (κ2) is 10.7. The van der Waals surface area contributed by atoms with Crippen molar-refractivity contribution in [2.45, 2.75) is 64.5 Å². The molecule has 0 fully saturated rings. The lowest BCUT2D eigenvalue weighted by Crippen LogP contribution is -2.32. The van der Waals surface area contributed by atoms with Gasteiger partial charge in [0.2, 0.25) is 5.01 Å². The van der Waals surface area contributed by atoms with Crippen LogP contribution in [0.5, 0.6) is 0 Å². The van der Waals surface area contributed by atoms with E-state index in [1.54, 1.807) is 25.5 Å². The van der Waals surface area contributed by atoms with E-state index in [0.29, 0.717) is 25.2 Å². The van der Waals surface area contributed by atoms with Gasteiger partial charge in [0.15, 0.2) is 0 Å². The number of carbonyl (C=O) groups excluding carboxylic acids is 1. The standard InChI is InChI=1S/C21H27F3N6O4S2/c1-5-6-9-30-10-7-8-13-11-14(15(12-16(13)30)29-36(32,33)21(22,23)24)25-27-19-28-26-17(35-19)18(31)34-20(2,3)4/h11-12,29H,5-10H2,1-4H3. The number of aromatic nitrogens is 2. The van der Waals surface area contributed by atoms with Gasteiger partial charge < -0.3 is 9.64 Å². The van der Waals surface area contributed by atoms with Crippen molar-refractivity contribution in [2.24, 2.45) is 10.2 Å². The van der Waals surface area contributed by atoms with Crippen molar-refractivity contribution in [2.75, 3.05) is 22.7 Å². The highest BCUT2D eigenvalue weighted by atomic mass is 32.2. The molecule has 2 aromatic rings. The topological polar surface area (TPSA) is 126 Å². The van der Waals surface area contributed by atoms with Gasteiger partial charge in [-0.05, 0) is 57.7 Å². The van der Waals surface area contributed by atoms with Gasteiger partial charge in [-0.25, -0.2) is 4.79 Å². The monoisotopic (exact) mass is 548 g/mol. The molecule has 1 aromatic heterocycles. The van der Waals surface area contributed by atoms with Crippen LogP contribution in [0.15, 0.2) is 22.4 Å². The summed E-state index contributed by atoms with van der Waals surface area (Å²) in [6.07, 6.45) is 3.28. The Morgan fingerprint density at radius 1 is 1.22 bits per heavy atom. The van der Waals surface area contributed by atoms with E-state index in [9.17, 15) is 26.4 Å². The van der Waals surface area contributed by atoms with Crippen LogP contribution in [0.25, 0.3) is 0 Å². The summed E-state index contributed by atoms with van der Waals surface area (Å²) in [5.74, 6) is -0.707. The fourth-order valence-electron chi connectivity index (χ4n) is 3.40. The van der Waals surface area contributed by atoms with E-state index in [4.69, 9.17) is 4.74 Å². The summed E-state index contributed by atoms with van der Waals surface area (Å²) in [4.78, 5) is 14.2. The molecule has 1 N–H and O–H groups in total. The first-order chi connectivity index (χ1) is 16.7. The van der Waals surface area contributed by atoms with Crippen LogP contribution in [-0.4, -0.2) is 48.8 Å². The predicted octanol–water partition coefficient (Wildman–Crippen LogP) is 5.72. The van der Waals surface area contributed by atoms with Gasteiger partial charge in [-0.3, -0.25) is 4.72 Å². The van der Waals surface area contributed by atoms with Crippen LogP contribution in [0, 0.1) is 0 Å². The summed E-state index contributed by atoms with van der Waals surface area (Å²) in [6.45, 7) is 8.49. The van der Waals surface area contributed by atoms with Crippen molar-refractivity contribution in [3.05, 3.63) is 22.7 Å². The molecule has 0 aliphatic carbocycles. The number of ether oxygens (including phenoxy) is 1. The van der Waals surface area contributed by atoms with E-state index in [0.717, 1.165) is 36.2 Å². The third-order valence-electron chi connectivity index (χ3n) is 4.97. The van der Waals surface area contributed by atoms with Gasteiger partial charge in [0, 0.05) is 18.8 Å². The lowest BCUT2D eigenvalue weighted by Gasteiger charge is -2.32. The van der Waals surface area contributed by atoms with Crippen LogP contribution >= 0.6 is 11.3 Å². The minimum Gasteiger partial charge on any atom is -0.455 e. The third-order valence-corrected chi connectivity index (χ3v) is 6.86. The number of azo groups is 1. The summed E-state index contributed by atoms with van der Waals surface area (Å²) in [6, 6.07) is 2.87. The quantitative estimate of drug-likeness (QED) is 0.330. The van der Waals surface area contributed by atoms with E-state index in [1.807, 2.05) is 11.8 Å². The summed E-state index contributed by atoms with van der Waals surface area (Å²) < 4.78 is 69.9. The molecule has 0 bridgehead atoms. The molecule has 0 spiro atoms. The van der Waals surface area contributed by atoms with Crippen LogP contribution in [0.4, 0.5) is 35.4 Å². The van der Waals surface area contributed by atoms with Gasteiger partial charge in [-0.15, -0.1) is 20.4 Å². The Labute approximate surface area is 211 Å². The first kappa shape index (κ1) is 27.8. The maximum absolute atomic E-state index is 13.1. The normalized spacial score (nSPS) is 14.7. The smallest absolute Gasteiger partial charge is 0.455 e. The van der Waals surface area contributed by atoms with Gasteiger partial charge in [0.05, 0.1) is 5.69 Å². The van der Waals surface area contributed by atoms with Crippen LogP contribution in [-0.2, 0) is 21.2 Å². The molecule has 15 heteroatoms. The average Bonchev–Trinajstić information content (AvgIpc) is 3.23. The lowest BCUT2D eigenvalue weighted by atomic mass is 10.00. The van der Waals surface area contributed by atoms with Gasteiger partial charge >= 0.3 is 21.5 Å². The zero-order valence-corrected chi connectivity index (χ0v) is 21.8. The zero-order valence-electron chi connectivity index (χ0n) is 20.2. The lowest BCUT2D eigenvalue weighted by molar-refractivity contribution is -0.0429. The molecule has 0 saturated heterocycles. The summed E-state index contributed by atoms with van der Waals surface area (Å²) in [7, 11) is -5.70. The second-order valence-corrected chi connectivity index (χ2v) is 11.7. The summed E-state index contributed by atoms with van der Waals surface area (Å²) in [5, 5.41) is 15.2. The number of benzene rings is 1. The van der Waals surface area contributed by atoms with E-state index < -0.39 is 27.1 Å². The number of hydrogen-bond acceptors (Lipinski definition) is 10. The number of aryl methyl sites for hydroxylation is 1. The van der Waals surface area contributed by atoms with Crippen molar-refractivity contribution >= 4 is 49.5 Å². The molecule has 1 aliphatic heterocycles. The molecular weight excluding hydrogens is 521 g/mol. The molecular formula is C21H27F3N6O4S2. The molecule has 0 saturated carbocycles. The number of halogens is 3. The highest BCUT2D eigenvalue weighted by Gasteiger charge is 2.46. The maximum Gasteiger partial charge on any atom is 0.516 e. The van der Waals surface area contributed by atoms with E-state index in [2.05, 4.69) is 20.4 Å². The van der Waals surface area contributed by atoms with Gasteiger partial charge in [0.25, 0.3) is 5.13 Å². The largest absolute Gasteiger partial charge is 0.516 e. The molecule has 0 unspecified atom stereocenters. The molecule has 2 heterocycles. The van der Waals surface area contributed by atoms with Gasteiger partial charge in [-0.1, -0.05) is 24.7 Å². The first-order valence-electron chi connectivity index (χ1n) is 11.2. The Kier molecular flexibility index (Phi) is 8.23. The number of alkyl halides is 3. The number of hydrogen-bond donors (Lipinski definition) is 1. The number of unbranched alkanes of at least 4 members (excludes halogenated alkanes) is 1. The fourth-order valence-corrected chi connectivity index (χ4v) is 4.51. The molecule has 198 valence electrons. The van der Waals surface area contributed by atoms with Crippen molar-refractivity contribution in [3.63, 3.8) is 0 Å². The van der Waals surface area contributed by atoms with Crippen molar-refractivity contribution in [1.29, 1.82) is 0 Å². The highest BCUT2D eigenvalue weighted by Crippen LogP contribution is 2.39. The molecule has 0 radical (unpaired) electrons. The molecule has 3 rings (SSSR count). The Morgan fingerprint density at radius 3 is 2.58 bits per heavy atom. The Bertz CT molecular complexity index is 1240. The van der Waals surface area contributed by atoms with Gasteiger partial charge in [0.1, 0.15) is 11.3 Å². The van der Waals surface area contributed by atoms with E-state index in [-0.39, 0.29) is 21.5 Å². The maximum atomic E-state index is 13.1. The third kappa shape index (κ3) is 6.90. The van der Waals surface area contributed by atoms with Crippen LogP contribution in [0.1, 0.15) is 62.3 Å². The number of sulfonamides is 1. The number of nitrogens with one attached hydrogen (secondary N) is 1. The number of fused-ring (bicyclic) bond motifs is 1. The number of anilines is 2. The van der Waals surface area contributed by atoms with E-state index in [1.165, 1.54) is 12.1 Å². The first-order valence-corrected chi connectivity index (χ1v) is 13.5. The Balaban J connectivity index is 1.97. The Hall–Kier alpha value is -2.81. The Morgan fingerprint density at radius 2 is 1.94 bits per heavy atom. The minimum absolute atomic E-state index is 0.0530. The SMILES string of the molecule is CCCCN1CCCc2cc(N=Nc3nnc(C(=O)OC(C)(C)C)s3)c(NS(=O)(=O)C(F)(F)F)cc21. The van der Waals surface area contributed by atoms with Crippen molar-refractivity contribution in [3.8, 4) is 0 Å². The van der Waals surface area contributed by atoms with Crippen molar-refractivity contribution < 1.29 is 31.1 Å². The number of nitrogens with zero attached hydrogens (tertiary/aromatic N) is 5. The average molecular weight is 549 g/mol. The van der Waals surface area contributed by atoms with Gasteiger partial charge in [-0.2, -0.15) is 21.6 Å². The zero-order chi connectivity index (χ0) is 26.7. The molecule has 36 heavy (non-hydrogen) atoms. The second-order valence-electron chi connectivity index (χ2n) is 9.09. The van der Waals surface area contributed by atoms with Crippen LogP contribution in [0.2, 0.25) is 0 Å². The highest BCUT2D eigenvalue weighted by molar-refractivity contribution is 7.93. The summed E-state index contributed by atoms with van der Waals surface area (Å²) >= 11 is 0.778. The number of rotatable bonds is 8. The minimum atomic E-state index is -5.70. The molecule has 1 aliphatic rings. The fraction of sp³-hybridized carbons (Fsp3) is 0.571. The number of esters is 1. The molecule has 1 aromatic carbocycles. The molecule has 10 nitrogen and oxygen atoms in total. The predicted molar refractivity (Wildman–Crippen MR) is 130 cm³/mol. The van der Waals surface area contributed by atoms with Crippen LogP contribution < -0.4 is 9.62 Å². The van der Waals surface area contributed by atoms with E-state index >= 15 is 0 Å². The van der Waals surface area contributed by atoms with Crippen molar-refractivity contribution in [1.82, 2.24) is 10.2 Å². The van der Waals surface area contributed by atoms with Crippen LogP contribution in [0.3, 0.4) is 0 Å².